The van der Waals surface area contributed by atoms with Crippen molar-refractivity contribution in [2.24, 2.45) is 5.10 Å². The van der Waals surface area contributed by atoms with E-state index in [0.29, 0.717) is 11.3 Å². The molecule has 22 heavy (non-hydrogen) atoms. The van der Waals surface area contributed by atoms with E-state index in [1.54, 1.807) is 13.0 Å². The Morgan fingerprint density at radius 2 is 2.23 bits per heavy atom. The first-order valence-electron chi connectivity index (χ1n) is 6.08. The number of hydrogen-bond acceptors (Lipinski definition) is 5. The molecule has 10 heteroatoms. The average Bonchev–Trinajstić information content (AvgIpc) is 2.81. The zero-order valence-electron chi connectivity index (χ0n) is 11.3. The number of aromatic nitrogens is 3. The van der Waals surface area contributed by atoms with Crippen molar-refractivity contribution in [2.75, 3.05) is 6.61 Å². The number of H-pyrrole nitrogens is 1. The van der Waals surface area contributed by atoms with E-state index in [-0.39, 0.29) is 21.8 Å². The number of halogens is 3. The van der Waals surface area contributed by atoms with Crippen molar-refractivity contribution in [3.63, 3.8) is 0 Å². The molecule has 1 aromatic heterocycles. The predicted octanol–water partition coefficient (Wildman–Crippen LogP) is 2.95. The molecule has 1 aromatic carbocycles. The van der Waals surface area contributed by atoms with Crippen molar-refractivity contribution in [1.82, 2.24) is 14.9 Å². The number of para-hydroxylation sites is 1. The van der Waals surface area contributed by atoms with Crippen molar-refractivity contribution in [3.8, 4) is 11.5 Å². The van der Waals surface area contributed by atoms with E-state index in [2.05, 4.69) is 10.2 Å². The van der Waals surface area contributed by atoms with Gasteiger partial charge in [0.25, 0.3) is 5.82 Å². The highest BCUT2D eigenvalue weighted by Gasteiger charge is 2.37. The van der Waals surface area contributed by atoms with Crippen molar-refractivity contribution in [3.05, 3.63) is 34.4 Å². The van der Waals surface area contributed by atoms with Crippen LogP contribution in [0.4, 0.5) is 13.2 Å². The molecule has 6 nitrogen and oxygen atoms in total. The minimum absolute atomic E-state index is 0.183. The van der Waals surface area contributed by atoms with Crippen molar-refractivity contribution < 1.29 is 23.0 Å². The van der Waals surface area contributed by atoms with Crippen molar-refractivity contribution in [1.29, 1.82) is 0 Å². The van der Waals surface area contributed by atoms with Crippen molar-refractivity contribution >= 4 is 18.4 Å². The third-order valence-electron chi connectivity index (χ3n) is 2.55. The van der Waals surface area contributed by atoms with Crippen LogP contribution >= 0.6 is 12.2 Å². The van der Waals surface area contributed by atoms with Gasteiger partial charge in [0, 0.05) is 5.56 Å². The van der Waals surface area contributed by atoms with Crippen molar-refractivity contribution in [2.45, 2.75) is 13.1 Å². The monoisotopic (exact) mass is 332 g/mol. The molecule has 0 atom stereocenters. The number of nitrogens with zero attached hydrogens (tertiary/aromatic N) is 3. The normalized spacial score (nSPS) is 12.0. The Kier molecular flexibility index (Phi) is 4.50. The van der Waals surface area contributed by atoms with Gasteiger partial charge in [-0.25, -0.2) is 5.10 Å². The third kappa shape index (κ3) is 3.27. The quantitative estimate of drug-likeness (QED) is 0.667. The second-order valence-electron chi connectivity index (χ2n) is 4.03. The standard InChI is InChI=1S/C12H11F3N4O2S/c1-2-21-8-5-3-4-7(9(8)20)6-16-19-10(12(13,14)15)17-18-11(19)22/h3-6,20H,2H2,1H3,(H,18,22)/b16-6-. The Hall–Kier alpha value is -2.36. The molecule has 0 aliphatic carbocycles. The Morgan fingerprint density at radius 1 is 1.50 bits per heavy atom. The number of rotatable bonds is 4. The van der Waals surface area contributed by atoms with Crippen LogP contribution in [-0.4, -0.2) is 32.8 Å². The summed E-state index contributed by atoms with van der Waals surface area (Å²) in [6.07, 6.45) is -3.67. The highest BCUT2D eigenvalue weighted by molar-refractivity contribution is 7.71. The minimum Gasteiger partial charge on any atom is -0.504 e. The molecule has 1 heterocycles. The van der Waals surface area contributed by atoms with Gasteiger partial charge in [-0.2, -0.15) is 22.9 Å². The summed E-state index contributed by atoms with van der Waals surface area (Å²) >= 11 is 4.70. The largest absolute Gasteiger partial charge is 0.504 e. The maximum Gasteiger partial charge on any atom is 0.453 e. The van der Waals surface area contributed by atoms with Gasteiger partial charge < -0.3 is 9.84 Å². The number of nitrogens with one attached hydrogen (secondary N) is 1. The summed E-state index contributed by atoms with van der Waals surface area (Å²) < 4.78 is 43.5. The molecule has 0 saturated heterocycles. The summed E-state index contributed by atoms with van der Waals surface area (Å²) in [4.78, 5) is 0. The lowest BCUT2D eigenvalue weighted by atomic mass is 10.2. The van der Waals surface area contributed by atoms with E-state index in [4.69, 9.17) is 17.0 Å². The van der Waals surface area contributed by atoms with Crippen LogP contribution in [0.1, 0.15) is 18.3 Å². The Morgan fingerprint density at radius 3 is 2.86 bits per heavy atom. The molecule has 0 bridgehead atoms. The van der Waals surface area contributed by atoms with Crippen LogP contribution in [0.25, 0.3) is 0 Å². The van der Waals surface area contributed by atoms with Gasteiger partial charge in [-0.15, -0.1) is 5.10 Å². The lowest BCUT2D eigenvalue weighted by Crippen LogP contribution is -2.12. The van der Waals surface area contributed by atoms with Gasteiger partial charge in [-0.1, -0.05) is 6.07 Å². The molecular weight excluding hydrogens is 321 g/mol. The van der Waals surface area contributed by atoms with Gasteiger partial charge >= 0.3 is 6.18 Å². The first-order valence-corrected chi connectivity index (χ1v) is 6.49. The third-order valence-corrected chi connectivity index (χ3v) is 2.81. The number of phenolic OH excluding ortho intramolecular Hbond substituents is 1. The molecule has 2 aromatic rings. The van der Waals surface area contributed by atoms with Gasteiger partial charge in [0.05, 0.1) is 12.8 Å². The van der Waals surface area contributed by atoms with Crippen LogP contribution in [0.3, 0.4) is 0 Å². The van der Waals surface area contributed by atoms with Crippen LogP contribution in [-0.2, 0) is 6.18 Å². The molecule has 0 saturated carbocycles. The molecule has 0 unspecified atom stereocenters. The van der Waals surface area contributed by atoms with E-state index < -0.39 is 12.0 Å². The summed E-state index contributed by atoms with van der Waals surface area (Å²) in [5.74, 6) is -1.30. The molecule has 2 rings (SSSR count). The van der Waals surface area contributed by atoms with Gasteiger partial charge in [-0.3, -0.25) is 0 Å². The summed E-state index contributed by atoms with van der Waals surface area (Å²) in [5.41, 5.74) is 0.183. The molecule has 0 spiro atoms. The Labute approximate surface area is 127 Å². The second-order valence-corrected chi connectivity index (χ2v) is 4.42. The smallest absolute Gasteiger partial charge is 0.453 e. The number of aromatic hydroxyl groups is 1. The maximum atomic E-state index is 12.7. The number of phenols is 1. The van der Waals surface area contributed by atoms with Crippen LogP contribution < -0.4 is 4.74 Å². The van der Waals surface area contributed by atoms with Crippen LogP contribution in [0.2, 0.25) is 0 Å². The number of hydrogen-bond donors (Lipinski definition) is 2. The highest BCUT2D eigenvalue weighted by atomic mass is 32.1. The van der Waals surface area contributed by atoms with E-state index in [1.165, 1.54) is 12.1 Å². The number of alkyl halides is 3. The van der Waals surface area contributed by atoms with E-state index in [0.717, 1.165) is 6.21 Å². The van der Waals surface area contributed by atoms with E-state index in [1.807, 2.05) is 5.10 Å². The first kappa shape index (κ1) is 16.0. The molecule has 118 valence electrons. The summed E-state index contributed by atoms with van der Waals surface area (Å²) in [6, 6.07) is 4.57. The molecule has 0 amide bonds. The summed E-state index contributed by atoms with van der Waals surface area (Å²) in [7, 11) is 0. The van der Waals surface area contributed by atoms with E-state index in [9.17, 15) is 18.3 Å². The number of ether oxygens (including phenoxy) is 1. The zero-order valence-corrected chi connectivity index (χ0v) is 12.1. The van der Waals surface area contributed by atoms with Crippen LogP contribution in [0, 0.1) is 4.77 Å². The summed E-state index contributed by atoms with van der Waals surface area (Å²) in [6.45, 7) is 2.07. The Balaban J connectivity index is 2.40. The van der Waals surface area contributed by atoms with Gasteiger partial charge in [0.1, 0.15) is 0 Å². The molecule has 0 radical (unpaired) electrons. The SMILES string of the molecule is CCOc1cccc(/C=N\n2c(C(F)(F)F)n[nH]c2=S)c1O. The molecule has 0 fully saturated rings. The Bertz CT molecular complexity index is 752. The number of benzene rings is 1. The predicted molar refractivity (Wildman–Crippen MR) is 74.7 cm³/mol. The molecule has 0 aliphatic rings. The lowest BCUT2D eigenvalue weighted by molar-refractivity contribution is -0.147. The van der Waals surface area contributed by atoms with Crippen LogP contribution in [0.15, 0.2) is 23.3 Å². The fourth-order valence-electron chi connectivity index (χ4n) is 1.62. The lowest BCUT2D eigenvalue weighted by Gasteiger charge is -2.07. The van der Waals surface area contributed by atoms with Crippen LogP contribution in [0.5, 0.6) is 11.5 Å². The topological polar surface area (TPSA) is 75.4 Å². The van der Waals surface area contributed by atoms with Gasteiger partial charge in [0.2, 0.25) is 4.77 Å². The first-order chi connectivity index (χ1) is 10.3. The average molecular weight is 332 g/mol. The fourth-order valence-corrected chi connectivity index (χ4v) is 1.80. The molecule has 2 N–H and O–H groups in total. The van der Waals surface area contributed by atoms with Gasteiger partial charge in [0.15, 0.2) is 11.5 Å². The second kappa shape index (κ2) is 6.18. The minimum atomic E-state index is -4.71. The zero-order chi connectivity index (χ0) is 16.3. The van der Waals surface area contributed by atoms with Gasteiger partial charge in [-0.05, 0) is 31.3 Å². The highest BCUT2D eigenvalue weighted by Crippen LogP contribution is 2.29. The fraction of sp³-hybridized carbons (Fsp3) is 0.250. The summed E-state index contributed by atoms with van der Waals surface area (Å²) in [5, 5.41) is 18.7. The van der Waals surface area contributed by atoms with E-state index >= 15 is 0 Å². The maximum absolute atomic E-state index is 12.7. The molecule has 0 aliphatic heterocycles. The number of aromatic amines is 1. The molecular formula is C12H11F3N4O2S.